The molecule has 19 heavy (non-hydrogen) atoms. The van der Waals surface area contributed by atoms with Crippen molar-refractivity contribution in [2.45, 2.75) is 40.7 Å². The average Bonchev–Trinajstić information content (AvgIpc) is 2.66. The number of hydrogen-bond acceptors (Lipinski definition) is 1. The van der Waals surface area contributed by atoms with Gasteiger partial charge in [0.05, 0.1) is 0 Å². The van der Waals surface area contributed by atoms with Gasteiger partial charge in [0.25, 0.3) is 0 Å². The van der Waals surface area contributed by atoms with Gasteiger partial charge in [0.15, 0.2) is 0 Å². The van der Waals surface area contributed by atoms with E-state index in [1.165, 1.54) is 12.1 Å². The van der Waals surface area contributed by atoms with E-state index in [0.717, 1.165) is 16.6 Å². The Morgan fingerprint density at radius 2 is 1.84 bits per heavy atom. The molecule has 1 fully saturated rings. The van der Waals surface area contributed by atoms with Gasteiger partial charge in [-0.3, -0.25) is 0 Å². The lowest BCUT2D eigenvalue weighted by Crippen LogP contribution is -2.23. The van der Waals surface area contributed by atoms with Crippen LogP contribution in [0.2, 0.25) is 0 Å². The largest absolute Gasteiger partial charge is 0.310 e. The lowest BCUT2D eigenvalue weighted by molar-refractivity contribution is 0.457. The van der Waals surface area contributed by atoms with Gasteiger partial charge in [-0.1, -0.05) is 49.7 Å². The molecule has 0 aromatic heterocycles. The van der Waals surface area contributed by atoms with Crippen molar-refractivity contribution >= 4 is 15.9 Å². The topological polar surface area (TPSA) is 12.0 Å². The number of halogens is 2. The second-order valence-electron chi connectivity index (χ2n) is 6.79. The summed E-state index contributed by atoms with van der Waals surface area (Å²) in [5.41, 5.74) is 1.91. The summed E-state index contributed by atoms with van der Waals surface area (Å²) in [5.74, 6) is 0.494. The fraction of sp³-hybridized carbons (Fsp3) is 0.625. The first-order chi connectivity index (χ1) is 8.68. The van der Waals surface area contributed by atoms with Crippen LogP contribution in [0.1, 0.15) is 46.2 Å². The second kappa shape index (κ2) is 4.85. The first-order valence-corrected chi connectivity index (χ1v) is 7.65. The van der Waals surface area contributed by atoms with Gasteiger partial charge in [0.2, 0.25) is 0 Å². The molecule has 1 atom stereocenters. The summed E-state index contributed by atoms with van der Waals surface area (Å²) in [6.45, 7) is 12.5. The predicted molar refractivity (Wildman–Crippen MR) is 81.6 cm³/mol. The first kappa shape index (κ1) is 15.0. The zero-order chi connectivity index (χ0) is 14.4. The lowest BCUT2D eigenvalue weighted by atomic mass is 10.0. The van der Waals surface area contributed by atoms with Crippen molar-refractivity contribution in [3.05, 3.63) is 34.1 Å². The Kier molecular flexibility index (Phi) is 3.83. The van der Waals surface area contributed by atoms with E-state index in [1.807, 2.05) is 6.07 Å². The predicted octanol–water partition coefficient (Wildman–Crippen LogP) is 4.92. The van der Waals surface area contributed by atoms with Crippen molar-refractivity contribution < 1.29 is 4.39 Å². The Morgan fingerprint density at radius 3 is 2.32 bits per heavy atom. The normalized spacial score (nSPS) is 22.3. The summed E-state index contributed by atoms with van der Waals surface area (Å²) in [6.07, 6.45) is 0. The van der Waals surface area contributed by atoms with E-state index >= 15 is 0 Å². The summed E-state index contributed by atoms with van der Waals surface area (Å²) < 4.78 is 13.9. The molecule has 0 bridgehead atoms. The summed E-state index contributed by atoms with van der Waals surface area (Å²) in [6, 6.07) is 5.12. The van der Waals surface area contributed by atoms with E-state index in [4.69, 9.17) is 0 Å². The van der Waals surface area contributed by atoms with Crippen LogP contribution in [0.3, 0.4) is 0 Å². The smallest absolute Gasteiger partial charge is 0.124 e. The van der Waals surface area contributed by atoms with Crippen molar-refractivity contribution in [2.24, 2.45) is 16.7 Å². The number of nitrogens with one attached hydrogen (secondary N) is 1. The van der Waals surface area contributed by atoms with E-state index in [9.17, 15) is 4.39 Å². The molecule has 2 rings (SSSR count). The molecule has 1 nitrogen and oxygen atoms in total. The molecule has 0 aliphatic heterocycles. The molecular weight excluding hydrogens is 305 g/mol. The zero-order valence-corrected chi connectivity index (χ0v) is 13.9. The van der Waals surface area contributed by atoms with Crippen LogP contribution in [0.4, 0.5) is 4.39 Å². The minimum absolute atomic E-state index is 0.202. The van der Waals surface area contributed by atoms with Crippen LogP contribution in [0, 0.1) is 22.6 Å². The molecule has 0 spiro atoms. The van der Waals surface area contributed by atoms with Crippen LogP contribution in [0.25, 0.3) is 0 Å². The van der Waals surface area contributed by atoms with E-state index in [0.29, 0.717) is 16.7 Å². The molecule has 1 aliphatic carbocycles. The maximum atomic E-state index is 13.1. The van der Waals surface area contributed by atoms with Gasteiger partial charge in [0, 0.05) is 10.5 Å². The van der Waals surface area contributed by atoms with Gasteiger partial charge in [0.1, 0.15) is 5.82 Å². The molecule has 0 heterocycles. The average molecular weight is 328 g/mol. The Morgan fingerprint density at radius 1 is 1.26 bits per heavy atom. The highest BCUT2D eigenvalue weighted by molar-refractivity contribution is 9.10. The summed E-state index contributed by atoms with van der Waals surface area (Å²) in [7, 11) is 0. The standard InChI is InChI=1S/C16H23BrFN/c1-10(12-7-6-11(18)8-13(12)17)19-9-14-15(2,3)16(14,4)5/h6-8,10,14,19H,9H2,1-5H3. The van der Waals surface area contributed by atoms with Crippen LogP contribution in [0.15, 0.2) is 22.7 Å². The molecule has 3 heteroatoms. The SMILES string of the molecule is CC(NCC1C(C)(C)C1(C)C)c1ccc(F)cc1Br. The minimum Gasteiger partial charge on any atom is -0.310 e. The maximum absolute atomic E-state index is 13.1. The van der Waals surface area contributed by atoms with Crippen LogP contribution >= 0.6 is 15.9 Å². The van der Waals surface area contributed by atoms with Crippen molar-refractivity contribution in [1.29, 1.82) is 0 Å². The van der Waals surface area contributed by atoms with Gasteiger partial charge < -0.3 is 5.32 Å². The molecule has 1 aliphatic rings. The molecular formula is C16H23BrFN. The maximum Gasteiger partial charge on any atom is 0.124 e. The quantitative estimate of drug-likeness (QED) is 0.827. The van der Waals surface area contributed by atoms with E-state index in [2.05, 4.69) is 55.9 Å². The van der Waals surface area contributed by atoms with E-state index in [1.54, 1.807) is 0 Å². The Balaban J connectivity index is 1.98. The highest BCUT2D eigenvalue weighted by Gasteiger charge is 2.63. The second-order valence-corrected chi connectivity index (χ2v) is 7.65. The number of hydrogen-bond donors (Lipinski definition) is 1. The van der Waals surface area contributed by atoms with Gasteiger partial charge >= 0.3 is 0 Å². The van der Waals surface area contributed by atoms with Crippen molar-refractivity contribution in [2.75, 3.05) is 6.54 Å². The molecule has 1 unspecified atom stereocenters. The molecule has 0 saturated heterocycles. The summed E-state index contributed by atoms with van der Waals surface area (Å²) >= 11 is 3.44. The monoisotopic (exact) mass is 327 g/mol. The molecule has 0 radical (unpaired) electrons. The third-order valence-electron chi connectivity index (χ3n) is 5.38. The third-order valence-corrected chi connectivity index (χ3v) is 6.06. The van der Waals surface area contributed by atoms with Gasteiger partial charge in [-0.15, -0.1) is 0 Å². The summed E-state index contributed by atoms with van der Waals surface area (Å²) in [5, 5.41) is 3.58. The summed E-state index contributed by atoms with van der Waals surface area (Å²) in [4.78, 5) is 0. The van der Waals surface area contributed by atoms with Crippen molar-refractivity contribution in [3.8, 4) is 0 Å². The number of benzene rings is 1. The lowest BCUT2D eigenvalue weighted by Gasteiger charge is -2.16. The van der Waals surface area contributed by atoms with Crippen molar-refractivity contribution in [3.63, 3.8) is 0 Å². The molecule has 106 valence electrons. The first-order valence-electron chi connectivity index (χ1n) is 6.86. The zero-order valence-electron chi connectivity index (χ0n) is 12.3. The van der Waals surface area contributed by atoms with Crippen LogP contribution in [-0.4, -0.2) is 6.54 Å². The third kappa shape index (κ3) is 2.59. The molecule has 1 aromatic carbocycles. The van der Waals surface area contributed by atoms with Gasteiger partial charge in [-0.05, 0) is 47.9 Å². The molecule has 1 N–H and O–H groups in total. The van der Waals surface area contributed by atoms with Crippen LogP contribution in [-0.2, 0) is 0 Å². The fourth-order valence-electron chi connectivity index (χ4n) is 3.10. The van der Waals surface area contributed by atoms with E-state index in [-0.39, 0.29) is 11.9 Å². The van der Waals surface area contributed by atoms with Gasteiger partial charge in [-0.25, -0.2) is 4.39 Å². The van der Waals surface area contributed by atoms with Gasteiger partial charge in [-0.2, -0.15) is 0 Å². The van der Waals surface area contributed by atoms with Crippen LogP contribution < -0.4 is 5.32 Å². The number of rotatable bonds is 4. The molecule has 0 amide bonds. The molecule has 1 aromatic rings. The van der Waals surface area contributed by atoms with Crippen molar-refractivity contribution in [1.82, 2.24) is 5.32 Å². The Hall–Kier alpha value is -0.410. The fourth-order valence-corrected chi connectivity index (χ4v) is 3.80. The molecule has 1 saturated carbocycles. The highest BCUT2D eigenvalue weighted by Crippen LogP contribution is 2.68. The minimum atomic E-state index is -0.202. The Labute approximate surface area is 124 Å². The van der Waals surface area contributed by atoms with Crippen LogP contribution in [0.5, 0.6) is 0 Å². The Bertz CT molecular complexity index is 468. The highest BCUT2D eigenvalue weighted by atomic mass is 79.9. The van der Waals surface area contributed by atoms with E-state index < -0.39 is 0 Å².